The molecule has 0 saturated heterocycles. The summed E-state index contributed by atoms with van der Waals surface area (Å²) in [7, 11) is 1.97. The lowest BCUT2D eigenvalue weighted by Gasteiger charge is -2.23. The van der Waals surface area contributed by atoms with Gasteiger partial charge in [-0.15, -0.1) is 0 Å². The fourth-order valence-corrected chi connectivity index (χ4v) is 2.24. The maximum Gasteiger partial charge on any atom is 0.304 e. The fraction of sp³-hybridized carbons (Fsp3) is 0.500. The maximum absolute atomic E-state index is 10.7. The predicted octanol–water partition coefficient (Wildman–Crippen LogP) is 3.10. The molecule has 0 spiro atoms. The van der Waals surface area contributed by atoms with Crippen LogP contribution >= 0.6 is 15.9 Å². The van der Waals surface area contributed by atoms with Gasteiger partial charge in [-0.1, -0.05) is 22.0 Å². The zero-order valence-electron chi connectivity index (χ0n) is 11.1. The molecule has 1 aromatic rings. The third kappa shape index (κ3) is 4.78. The van der Waals surface area contributed by atoms with E-state index in [1.165, 1.54) is 11.1 Å². The molecule has 0 radical (unpaired) electrons. The van der Waals surface area contributed by atoms with Crippen molar-refractivity contribution in [3.05, 3.63) is 33.8 Å². The highest BCUT2D eigenvalue weighted by molar-refractivity contribution is 9.10. The Morgan fingerprint density at radius 2 is 2.17 bits per heavy atom. The molecule has 0 heterocycles. The Labute approximate surface area is 117 Å². The molecule has 0 fully saturated rings. The zero-order chi connectivity index (χ0) is 13.7. The predicted molar refractivity (Wildman–Crippen MR) is 76.9 cm³/mol. The van der Waals surface area contributed by atoms with Gasteiger partial charge >= 0.3 is 5.97 Å². The second-order valence-corrected chi connectivity index (χ2v) is 5.66. The van der Waals surface area contributed by atoms with Crippen molar-refractivity contribution in [2.45, 2.75) is 32.7 Å². The number of benzene rings is 1. The lowest BCUT2D eigenvalue weighted by Crippen LogP contribution is -2.32. The van der Waals surface area contributed by atoms with E-state index in [9.17, 15) is 4.79 Å². The molecule has 100 valence electrons. The minimum atomic E-state index is -0.743. The van der Waals surface area contributed by atoms with Gasteiger partial charge in [0.15, 0.2) is 0 Å². The van der Waals surface area contributed by atoms with Gasteiger partial charge in [0.1, 0.15) is 0 Å². The number of halogens is 1. The minimum Gasteiger partial charge on any atom is -0.481 e. The van der Waals surface area contributed by atoms with Gasteiger partial charge in [-0.2, -0.15) is 0 Å². The number of rotatable bonds is 6. The van der Waals surface area contributed by atoms with Crippen LogP contribution < -0.4 is 0 Å². The second kappa shape index (κ2) is 6.90. The number of hydrogen-bond donors (Lipinski definition) is 1. The van der Waals surface area contributed by atoms with E-state index < -0.39 is 5.97 Å². The van der Waals surface area contributed by atoms with Crippen LogP contribution in [0.1, 0.15) is 24.5 Å². The normalized spacial score (nSPS) is 12.7. The lowest BCUT2D eigenvalue weighted by atomic mass is 10.1. The molecule has 0 aliphatic rings. The molecule has 1 rings (SSSR count). The highest BCUT2D eigenvalue weighted by atomic mass is 79.9. The average molecular weight is 314 g/mol. The van der Waals surface area contributed by atoms with Crippen LogP contribution in [0.4, 0.5) is 0 Å². The molecule has 0 aliphatic carbocycles. The summed E-state index contributed by atoms with van der Waals surface area (Å²) in [5.74, 6) is -0.743. The molecule has 0 aromatic heterocycles. The Morgan fingerprint density at radius 3 is 2.78 bits per heavy atom. The van der Waals surface area contributed by atoms with Crippen LogP contribution in [-0.2, 0) is 11.2 Å². The van der Waals surface area contributed by atoms with Crippen molar-refractivity contribution in [3.8, 4) is 0 Å². The smallest absolute Gasteiger partial charge is 0.304 e. The van der Waals surface area contributed by atoms with Crippen molar-refractivity contribution in [2.75, 3.05) is 13.6 Å². The number of aryl methyl sites for hydroxylation is 1. The van der Waals surface area contributed by atoms with Crippen LogP contribution in [0.3, 0.4) is 0 Å². The van der Waals surface area contributed by atoms with E-state index in [0.29, 0.717) is 0 Å². The molecule has 0 aliphatic heterocycles. The van der Waals surface area contributed by atoms with Crippen molar-refractivity contribution in [3.63, 3.8) is 0 Å². The lowest BCUT2D eigenvalue weighted by molar-refractivity contribution is -0.138. The average Bonchev–Trinajstić information content (AvgIpc) is 2.29. The third-order valence-electron chi connectivity index (χ3n) is 3.27. The number of likely N-dealkylation sites (N-methyl/N-ethyl adjacent to an activating group) is 1. The summed E-state index contributed by atoms with van der Waals surface area (Å²) in [4.78, 5) is 12.7. The summed E-state index contributed by atoms with van der Waals surface area (Å²) in [5, 5.41) is 8.77. The molecule has 1 atom stereocenters. The molecule has 1 aromatic carbocycles. The first kappa shape index (κ1) is 15.2. The summed E-state index contributed by atoms with van der Waals surface area (Å²) in [5.41, 5.74) is 2.58. The van der Waals surface area contributed by atoms with Gasteiger partial charge in [0, 0.05) is 17.1 Å². The highest BCUT2D eigenvalue weighted by Crippen LogP contribution is 2.17. The molecule has 1 unspecified atom stereocenters. The molecular weight excluding hydrogens is 294 g/mol. The summed E-state index contributed by atoms with van der Waals surface area (Å²) in [6, 6.07) is 6.33. The molecule has 0 saturated carbocycles. The number of aliphatic carboxylic acids is 1. The van der Waals surface area contributed by atoms with Gasteiger partial charge in [0.25, 0.3) is 0 Å². The monoisotopic (exact) mass is 313 g/mol. The van der Waals surface area contributed by atoms with Crippen molar-refractivity contribution in [1.29, 1.82) is 0 Å². The van der Waals surface area contributed by atoms with Crippen molar-refractivity contribution in [2.24, 2.45) is 0 Å². The van der Waals surface area contributed by atoms with Crippen LogP contribution in [0.2, 0.25) is 0 Å². The van der Waals surface area contributed by atoms with Crippen LogP contribution in [0, 0.1) is 6.92 Å². The summed E-state index contributed by atoms with van der Waals surface area (Å²) < 4.78 is 1.09. The van der Waals surface area contributed by atoms with Crippen LogP contribution in [0.5, 0.6) is 0 Å². The molecular formula is C14H20BrNO2. The van der Waals surface area contributed by atoms with Gasteiger partial charge in [-0.05, 0) is 50.6 Å². The molecule has 4 heteroatoms. The molecule has 1 N–H and O–H groups in total. The number of hydrogen-bond acceptors (Lipinski definition) is 2. The van der Waals surface area contributed by atoms with Crippen molar-refractivity contribution < 1.29 is 9.90 Å². The standard InChI is InChI=1S/C14H20BrNO2/c1-10-4-5-13(15)9-12(10)6-7-16(3)11(2)8-14(17)18/h4-5,9,11H,6-8H2,1-3H3,(H,17,18). The van der Waals surface area contributed by atoms with E-state index >= 15 is 0 Å². The number of nitrogens with zero attached hydrogens (tertiary/aromatic N) is 1. The van der Waals surface area contributed by atoms with E-state index in [4.69, 9.17) is 5.11 Å². The number of carbonyl (C=O) groups is 1. The Morgan fingerprint density at radius 1 is 1.50 bits per heavy atom. The maximum atomic E-state index is 10.7. The fourth-order valence-electron chi connectivity index (χ4n) is 1.84. The molecule has 3 nitrogen and oxygen atoms in total. The second-order valence-electron chi connectivity index (χ2n) is 4.75. The number of carboxylic acids is 1. The summed E-state index contributed by atoms with van der Waals surface area (Å²) >= 11 is 3.47. The number of carboxylic acid groups (broad SMARTS) is 1. The Balaban J connectivity index is 2.54. The molecule has 18 heavy (non-hydrogen) atoms. The van der Waals surface area contributed by atoms with E-state index in [1.54, 1.807) is 0 Å². The quantitative estimate of drug-likeness (QED) is 0.877. The van der Waals surface area contributed by atoms with Crippen LogP contribution in [0.15, 0.2) is 22.7 Å². The van der Waals surface area contributed by atoms with Crippen molar-refractivity contribution in [1.82, 2.24) is 4.90 Å². The Bertz CT molecular complexity index is 420. The van der Waals surface area contributed by atoms with E-state index in [-0.39, 0.29) is 12.5 Å². The van der Waals surface area contributed by atoms with Crippen molar-refractivity contribution >= 4 is 21.9 Å². The van der Waals surface area contributed by atoms with Gasteiger partial charge in [-0.3, -0.25) is 4.79 Å². The van der Waals surface area contributed by atoms with Gasteiger partial charge in [-0.25, -0.2) is 0 Å². The first-order valence-electron chi connectivity index (χ1n) is 6.07. The first-order valence-corrected chi connectivity index (χ1v) is 6.86. The summed E-state index contributed by atoms with van der Waals surface area (Å²) in [6.45, 7) is 4.91. The first-order chi connectivity index (χ1) is 8.40. The topological polar surface area (TPSA) is 40.5 Å². The molecule has 0 amide bonds. The van der Waals surface area contributed by atoms with Gasteiger partial charge < -0.3 is 10.0 Å². The SMILES string of the molecule is Cc1ccc(Br)cc1CCN(C)C(C)CC(=O)O. The van der Waals surface area contributed by atoms with E-state index in [2.05, 4.69) is 39.9 Å². The third-order valence-corrected chi connectivity index (χ3v) is 3.76. The van der Waals surface area contributed by atoms with E-state index in [1.807, 2.05) is 20.0 Å². The van der Waals surface area contributed by atoms with Gasteiger partial charge in [0.05, 0.1) is 6.42 Å². The Hall–Kier alpha value is -0.870. The minimum absolute atomic E-state index is 0.0648. The summed E-state index contributed by atoms with van der Waals surface area (Å²) in [6.07, 6.45) is 1.12. The molecule has 0 bridgehead atoms. The van der Waals surface area contributed by atoms with Gasteiger partial charge in [0.2, 0.25) is 0 Å². The van der Waals surface area contributed by atoms with Crippen LogP contribution in [-0.4, -0.2) is 35.6 Å². The van der Waals surface area contributed by atoms with E-state index in [0.717, 1.165) is 17.4 Å². The highest BCUT2D eigenvalue weighted by Gasteiger charge is 2.13. The Kier molecular flexibility index (Phi) is 5.82. The zero-order valence-corrected chi connectivity index (χ0v) is 12.7. The largest absolute Gasteiger partial charge is 0.481 e. The van der Waals surface area contributed by atoms with Crippen LogP contribution in [0.25, 0.3) is 0 Å².